The maximum absolute atomic E-state index is 5.94. The lowest BCUT2D eigenvalue weighted by Crippen LogP contribution is -2.50. The molecule has 0 aliphatic carbocycles. The second-order valence-electron chi connectivity index (χ2n) is 6.65. The van der Waals surface area contributed by atoms with Crippen molar-refractivity contribution in [2.45, 2.75) is 6.17 Å². The van der Waals surface area contributed by atoms with Gasteiger partial charge in [0.05, 0.1) is 32.6 Å². The lowest BCUT2D eigenvalue weighted by Gasteiger charge is -2.43. The Morgan fingerprint density at radius 3 is 1.69 bits per heavy atom. The van der Waals surface area contributed by atoms with Gasteiger partial charge in [-0.3, -0.25) is 9.80 Å². The molecule has 138 valence electrons. The van der Waals surface area contributed by atoms with Gasteiger partial charge in [-0.05, 0) is 29.8 Å². The maximum atomic E-state index is 5.94. The van der Waals surface area contributed by atoms with Crippen molar-refractivity contribution in [3.05, 3.63) is 60.2 Å². The first-order chi connectivity index (χ1) is 12.9. The zero-order valence-corrected chi connectivity index (χ0v) is 15.0. The topological polar surface area (TPSA) is 34.2 Å². The number of para-hydroxylation sites is 1. The fraction of sp³-hybridized carbons (Fsp3) is 0.429. The van der Waals surface area contributed by atoms with Crippen LogP contribution in [0.3, 0.4) is 0 Å². The van der Waals surface area contributed by atoms with Gasteiger partial charge in [0.2, 0.25) is 0 Å². The highest BCUT2D eigenvalue weighted by molar-refractivity contribution is 5.34. The third-order valence-electron chi connectivity index (χ3n) is 4.94. The molecule has 4 rings (SSSR count). The number of nitrogens with zero attached hydrogens (tertiary/aromatic N) is 2. The van der Waals surface area contributed by atoms with Gasteiger partial charge in [-0.2, -0.15) is 0 Å². The Hall–Kier alpha value is -1.92. The first-order valence-corrected chi connectivity index (χ1v) is 9.36. The van der Waals surface area contributed by atoms with Crippen LogP contribution in [0.5, 0.6) is 11.5 Å². The third-order valence-corrected chi connectivity index (χ3v) is 4.94. The SMILES string of the molecule is c1ccc(Oc2ccc(C(N3CCOCC3)N3CCOCC3)cc2)cc1. The van der Waals surface area contributed by atoms with Crippen molar-refractivity contribution in [3.8, 4) is 11.5 Å². The van der Waals surface area contributed by atoms with E-state index >= 15 is 0 Å². The minimum Gasteiger partial charge on any atom is -0.457 e. The van der Waals surface area contributed by atoms with E-state index in [4.69, 9.17) is 14.2 Å². The van der Waals surface area contributed by atoms with Crippen molar-refractivity contribution in [2.24, 2.45) is 0 Å². The van der Waals surface area contributed by atoms with Crippen LogP contribution in [0.1, 0.15) is 11.7 Å². The number of morpholine rings is 2. The first kappa shape index (κ1) is 17.5. The summed E-state index contributed by atoms with van der Waals surface area (Å²) in [5.41, 5.74) is 1.30. The van der Waals surface area contributed by atoms with Gasteiger partial charge in [0.1, 0.15) is 11.5 Å². The van der Waals surface area contributed by atoms with E-state index in [0.29, 0.717) is 0 Å². The van der Waals surface area contributed by atoms with E-state index < -0.39 is 0 Å². The average Bonchev–Trinajstić information content (AvgIpc) is 2.72. The summed E-state index contributed by atoms with van der Waals surface area (Å²) in [4.78, 5) is 5.03. The van der Waals surface area contributed by atoms with Crippen LogP contribution in [0.2, 0.25) is 0 Å². The molecule has 5 nitrogen and oxygen atoms in total. The van der Waals surface area contributed by atoms with E-state index in [0.717, 1.165) is 64.1 Å². The molecule has 0 radical (unpaired) electrons. The van der Waals surface area contributed by atoms with E-state index in [1.54, 1.807) is 0 Å². The van der Waals surface area contributed by atoms with Crippen LogP contribution < -0.4 is 4.74 Å². The Balaban J connectivity index is 1.52. The van der Waals surface area contributed by atoms with E-state index in [1.165, 1.54) is 5.56 Å². The van der Waals surface area contributed by atoms with Crippen LogP contribution in [0.4, 0.5) is 0 Å². The molecule has 0 N–H and O–H groups in total. The molecule has 0 bridgehead atoms. The molecule has 5 heteroatoms. The summed E-state index contributed by atoms with van der Waals surface area (Å²) >= 11 is 0. The molecule has 26 heavy (non-hydrogen) atoms. The van der Waals surface area contributed by atoms with E-state index in [1.807, 2.05) is 30.3 Å². The molecule has 2 aliphatic heterocycles. The van der Waals surface area contributed by atoms with Gasteiger partial charge in [0.15, 0.2) is 0 Å². The van der Waals surface area contributed by atoms with Gasteiger partial charge in [-0.15, -0.1) is 0 Å². The fourth-order valence-electron chi connectivity index (χ4n) is 3.63. The molecule has 2 heterocycles. The molecule has 0 atom stereocenters. The number of benzene rings is 2. The summed E-state index contributed by atoms with van der Waals surface area (Å²) in [5, 5.41) is 0. The molecule has 2 aromatic carbocycles. The zero-order chi connectivity index (χ0) is 17.6. The number of ether oxygens (including phenoxy) is 3. The molecule has 2 aromatic rings. The summed E-state index contributed by atoms with van der Waals surface area (Å²) in [6.45, 7) is 7.06. The lowest BCUT2D eigenvalue weighted by atomic mass is 10.1. The summed E-state index contributed by atoms with van der Waals surface area (Å²) in [5.74, 6) is 1.72. The van der Waals surface area contributed by atoms with Crippen LogP contribution in [0.25, 0.3) is 0 Å². The summed E-state index contributed by atoms with van der Waals surface area (Å²) in [6.07, 6.45) is 0.272. The predicted molar refractivity (Wildman–Crippen MR) is 100 cm³/mol. The van der Waals surface area contributed by atoms with Gasteiger partial charge in [-0.25, -0.2) is 0 Å². The van der Waals surface area contributed by atoms with Crippen molar-refractivity contribution in [1.82, 2.24) is 9.80 Å². The highest BCUT2D eigenvalue weighted by Gasteiger charge is 2.29. The first-order valence-electron chi connectivity index (χ1n) is 9.36. The van der Waals surface area contributed by atoms with Crippen molar-refractivity contribution < 1.29 is 14.2 Å². The monoisotopic (exact) mass is 354 g/mol. The molecule has 2 fully saturated rings. The van der Waals surface area contributed by atoms with E-state index in [9.17, 15) is 0 Å². The normalized spacial score (nSPS) is 19.6. The van der Waals surface area contributed by atoms with Crippen LogP contribution in [0.15, 0.2) is 54.6 Å². The van der Waals surface area contributed by atoms with Gasteiger partial charge in [0, 0.05) is 26.2 Å². The maximum Gasteiger partial charge on any atom is 0.127 e. The molecule has 0 spiro atoms. The van der Waals surface area contributed by atoms with Crippen LogP contribution in [-0.4, -0.2) is 62.4 Å². The van der Waals surface area contributed by atoms with Crippen LogP contribution in [-0.2, 0) is 9.47 Å². The third kappa shape index (κ3) is 4.24. The van der Waals surface area contributed by atoms with Crippen molar-refractivity contribution in [3.63, 3.8) is 0 Å². The Kier molecular flexibility index (Phi) is 5.82. The molecule has 0 unspecified atom stereocenters. The fourth-order valence-corrected chi connectivity index (χ4v) is 3.63. The van der Waals surface area contributed by atoms with Gasteiger partial charge < -0.3 is 14.2 Å². The minimum atomic E-state index is 0.272. The highest BCUT2D eigenvalue weighted by Crippen LogP contribution is 2.29. The highest BCUT2D eigenvalue weighted by atomic mass is 16.5. The Labute approximate surface area is 155 Å². The molecule has 0 saturated carbocycles. The minimum absolute atomic E-state index is 0.272. The van der Waals surface area contributed by atoms with Gasteiger partial charge in [0.25, 0.3) is 0 Å². The smallest absolute Gasteiger partial charge is 0.127 e. The van der Waals surface area contributed by atoms with E-state index in [2.05, 4.69) is 34.1 Å². The molecule has 2 saturated heterocycles. The largest absolute Gasteiger partial charge is 0.457 e. The molecular weight excluding hydrogens is 328 g/mol. The van der Waals surface area contributed by atoms with Crippen molar-refractivity contribution >= 4 is 0 Å². The standard InChI is InChI=1S/C21H26N2O3/c1-2-4-19(5-3-1)26-20-8-6-18(7-9-20)21(22-10-14-24-15-11-22)23-12-16-25-17-13-23/h1-9,21H,10-17H2. The average molecular weight is 354 g/mol. The summed E-state index contributed by atoms with van der Waals surface area (Å²) in [7, 11) is 0. The van der Waals surface area contributed by atoms with Crippen molar-refractivity contribution in [2.75, 3.05) is 52.6 Å². The molecule has 2 aliphatic rings. The zero-order valence-electron chi connectivity index (χ0n) is 15.0. The Bertz CT molecular complexity index is 647. The second-order valence-corrected chi connectivity index (χ2v) is 6.65. The van der Waals surface area contributed by atoms with Gasteiger partial charge in [-0.1, -0.05) is 30.3 Å². The number of hydrogen-bond donors (Lipinski definition) is 0. The van der Waals surface area contributed by atoms with E-state index in [-0.39, 0.29) is 6.17 Å². The molecule has 0 aromatic heterocycles. The Morgan fingerprint density at radius 2 is 1.15 bits per heavy atom. The molecular formula is C21H26N2O3. The van der Waals surface area contributed by atoms with Crippen molar-refractivity contribution in [1.29, 1.82) is 0 Å². The quantitative estimate of drug-likeness (QED) is 0.824. The number of hydrogen-bond acceptors (Lipinski definition) is 5. The summed E-state index contributed by atoms with van der Waals surface area (Å²) < 4.78 is 17.0. The van der Waals surface area contributed by atoms with Crippen LogP contribution in [0, 0.1) is 0 Å². The second kappa shape index (κ2) is 8.64. The predicted octanol–water partition coefficient (Wildman–Crippen LogP) is 3.14. The Morgan fingerprint density at radius 1 is 0.654 bits per heavy atom. The lowest BCUT2D eigenvalue weighted by molar-refractivity contribution is -0.0676. The summed E-state index contributed by atoms with van der Waals surface area (Å²) in [6, 6.07) is 18.4. The number of rotatable bonds is 5. The van der Waals surface area contributed by atoms with Crippen LogP contribution >= 0.6 is 0 Å². The molecule has 0 amide bonds. The van der Waals surface area contributed by atoms with Gasteiger partial charge >= 0.3 is 0 Å².